The SMILES string of the molecule is COc1ccc2ccccc2c1[C@H]1OCCC23C[C@@H](C[C@H]12)C(C)(C)[C@H]3NC(C)=O. The molecule has 2 saturated carbocycles. The zero-order chi connectivity index (χ0) is 20.4. The lowest BCUT2D eigenvalue weighted by molar-refractivity contribution is -0.135. The van der Waals surface area contributed by atoms with Gasteiger partial charge in [0.05, 0.1) is 13.2 Å². The van der Waals surface area contributed by atoms with Crippen molar-refractivity contribution in [3.8, 4) is 5.75 Å². The van der Waals surface area contributed by atoms with E-state index < -0.39 is 0 Å². The van der Waals surface area contributed by atoms with Gasteiger partial charge in [0, 0.05) is 25.1 Å². The van der Waals surface area contributed by atoms with Crippen molar-refractivity contribution in [2.45, 2.75) is 52.2 Å². The van der Waals surface area contributed by atoms with Gasteiger partial charge < -0.3 is 14.8 Å². The zero-order valence-corrected chi connectivity index (χ0v) is 17.8. The van der Waals surface area contributed by atoms with Crippen LogP contribution in [0.15, 0.2) is 36.4 Å². The van der Waals surface area contributed by atoms with Gasteiger partial charge in [0.2, 0.25) is 5.91 Å². The summed E-state index contributed by atoms with van der Waals surface area (Å²) in [7, 11) is 1.75. The Labute approximate surface area is 173 Å². The maximum absolute atomic E-state index is 12.1. The lowest BCUT2D eigenvalue weighted by Gasteiger charge is -2.53. The van der Waals surface area contributed by atoms with Gasteiger partial charge in [0.15, 0.2) is 0 Å². The summed E-state index contributed by atoms with van der Waals surface area (Å²) >= 11 is 0. The van der Waals surface area contributed by atoms with Gasteiger partial charge >= 0.3 is 0 Å². The van der Waals surface area contributed by atoms with Gasteiger partial charge in [-0.1, -0.05) is 44.2 Å². The molecule has 5 rings (SSSR count). The van der Waals surface area contributed by atoms with Gasteiger partial charge in [-0.15, -0.1) is 0 Å². The highest BCUT2D eigenvalue weighted by molar-refractivity contribution is 5.88. The first-order valence-corrected chi connectivity index (χ1v) is 10.8. The predicted molar refractivity (Wildman–Crippen MR) is 114 cm³/mol. The second kappa shape index (κ2) is 6.46. The number of carbonyl (C=O) groups excluding carboxylic acids is 1. The summed E-state index contributed by atoms with van der Waals surface area (Å²) in [4.78, 5) is 12.1. The monoisotopic (exact) mass is 393 g/mol. The Hall–Kier alpha value is -2.07. The smallest absolute Gasteiger partial charge is 0.217 e. The fourth-order valence-corrected chi connectivity index (χ4v) is 7.02. The Morgan fingerprint density at radius 3 is 2.76 bits per heavy atom. The van der Waals surface area contributed by atoms with E-state index in [1.54, 1.807) is 14.0 Å². The molecule has 2 aromatic rings. The number of nitrogens with one attached hydrogen (secondary N) is 1. The highest BCUT2D eigenvalue weighted by atomic mass is 16.5. The number of methoxy groups -OCH3 is 1. The highest BCUT2D eigenvalue weighted by Gasteiger charge is 2.68. The third-order valence-corrected chi connectivity index (χ3v) is 8.29. The minimum Gasteiger partial charge on any atom is -0.496 e. The van der Waals surface area contributed by atoms with E-state index in [0.717, 1.165) is 25.2 Å². The molecule has 1 unspecified atom stereocenters. The third-order valence-electron chi connectivity index (χ3n) is 8.29. The van der Waals surface area contributed by atoms with Crippen LogP contribution in [-0.2, 0) is 9.53 Å². The van der Waals surface area contributed by atoms with E-state index >= 15 is 0 Å². The number of benzene rings is 2. The van der Waals surface area contributed by atoms with Crippen molar-refractivity contribution in [1.82, 2.24) is 5.32 Å². The first-order valence-electron chi connectivity index (χ1n) is 10.8. The van der Waals surface area contributed by atoms with Gasteiger partial charge in [-0.3, -0.25) is 4.79 Å². The van der Waals surface area contributed by atoms with Crippen LogP contribution in [0, 0.1) is 22.7 Å². The number of ether oxygens (including phenoxy) is 2. The first-order chi connectivity index (χ1) is 13.9. The third kappa shape index (κ3) is 2.58. The first kappa shape index (κ1) is 18.9. The number of rotatable bonds is 3. The van der Waals surface area contributed by atoms with E-state index in [2.05, 4.69) is 55.6 Å². The Morgan fingerprint density at radius 1 is 1.21 bits per heavy atom. The van der Waals surface area contributed by atoms with Crippen LogP contribution in [0.2, 0.25) is 0 Å². The molecule has 154 valence electrons. The molecule has 1 aliphatic heterocycles. The maximum atomic E-state index is 12.1. The van der Waals surface area contributed by atoms with Crippen molar-refractivity contribution in [3.63, 3.8) is 0 Å². The van der Waals surface area contributed by atoms with E-state index in [4.69, 9.17) is 9.47 Å². The molecule has 5 atom stereocenters. The molecule has 1 spiro atoms. The molecule has 1 heterocycles. The normalized spacial score (nSPS) is 34.8. The van der Waals surface area contributed by atoms with Crippen molar-refractivity contribution in [1.29, 1.82) is 0 Å². The minimum atomic E-state index is 0.00200. The Morgan fingerprint density at radius 2 is 2.00 bits per heavy atom. The molecule has 1 N–H and O–H groups in total. The van der Waals surface area contributed by atoms with E-state index in [1.165, 1.54) is 22.8 Å². The summed E-state index contributed by atoms with van der Waals surface area (Å²) < 4.78 is 12.3. The second-order valence-electron chi connectivity index (χ2n) is 9.88. The number of hydrogen-bond acceptors (Lipinski definition) is 3. The Balaban J connectivity index is 1.64. The van der Waals surface area contributed by atoms with Gasteiger partial charge in [-0.2, -0.15) is 0 Å². The molecule has 2 aromatic carbocycles. The molecule has 3 aliphatic rings. The van der Waals surface area contributed by atoms with Gasteiger partial charge in [0.1, 0.15) is 5.75 Å². The standard InChI is InChI=1S/C25H31NO3/c1-15(27)26-23-24(2,3)17-13-19-22(29-12-11-25(19,23)14-17)21-18-8-6-5-7-16(18)9-10-20(21)28-4/h5-10,17,19,22-23H,11-14H2,1-4H3,(H,26,27)/t17-,19-,22+,23-,25?/m1/s1. The van der Waals surface area contributed by atoms with Gasteiger partial charge in [0.25, 0.3) is 0 Å². The van der Waals surface area contributed by atoms with E-state index in [0.29, 0.717) is 11.8 Å². The number of hydrogen-bond donors (Lipinski definition) is 1. The molecular weight excluding hydrogens is 362 g/mol. The fraction of sp³-hybridized carbons (Fsp3) is 0.560. The molecule has 0 radical (unpaired) electrons. The predicted octanol–water partition coefficient (Wildman–Crippen LogP) is 4.87. The van der Waals surface area contributed by atoms with Crippen LogP contribution >= 0.6 is 0 Å². The maximum Gasteiger partial charge on any atom is 0.217 e. The van der Waals surface area contributed by atoms with Crippen molar-refractivity contribution < 1.29 is 14.3 Å². The van der Waals surface area contributed by atoms with Crippen molar-refractivity contribution in [3.05, 3.63) is 42.0 Å². The zero-order valence-electron chi connectivity index (χ0n) is 17.8. The quantitative estimate of drug-likeness (QED) is 0.809. The van der Waals surface area contributed by atoms with Crippen LogP contribution in [0.3, 0.4) is 0 Å². The average molecular weight is 394 g/mol. The lowest BCUT2D eigenvalue weighted by Crippen LogP contribution is -2.58. The van der Waals surface area contributed by atoms with E-state index in [1.807, 2.05) is 0 Å². The molecular formula is C25H31NO3. The van der Waals surface area contributed by atoms with Crippen molar-refractivity contribution >= 4 is 16.7 Å². The summed E-state index contributed by atoms with van der Waals surface area (Å²) in [5.74, 6) is 1.98. The van der Waals surface area contributed by atoms with E-state index in [9.17, 15) is 4.79 Å². The number of carbonyl (C=O) groups is 1. The minimum absolute atomic E-state index is 0.00200. The highest BCUT2D eigenvalue weighted by Crippen LogP contribution is 2.71. The largest absolute Gasteiger partial charge is 0.496 e. The Kier molecular flexibility index (Phi) is 4.22. The van der Waals surface area contributed by atoms with Crippen LogP contribution < -0.4 is 10.1 Å². The summed E-state index contributed by atoms with van der Waals surface area (Å²) in [6.07, 6.45) is 3.36. The molecule has 1 amide bonds. The number of amides is 1. The van der Waals surface area contributed by atoms with E-state index in [-0.39, 0.29) is 28.9 Å². The molecule has 1 saturated heterocycles. The molecule has 2 bridgehead atoms. The Bertz CT molecular complexity index is 968. The number of fused-ring (bicyclic) bond motifs is 2. The molecule has 4 nitrogen and oxygen atoms in total. The molecule has 0 aromatic heterocycles. The molecule has 4 heteroatoms. The van der Waals surface area contributed by atoms with Crippen molar-refractivity contribution in [2.75, 3.05) is 13.7 Å². The topological polar surface area (TPSA) is 47.6 Å². The van der Waals surface area contributed by atoms with Gasteiger partial charge in [-0.25, -0.2) is 0 Å². The summed E-state index contributed by atoms with van der Waals surface area (Å²) in [5.41, 5.74) is 1.40. The second-order valence-corrected chi connectivity index (χ2v) is 9.88. The summed E-state index contributed by atoms with van der Waals surface area (Å²) in [5, 5.41) is 5.80. The van der Waals surface area contributed by atoms with Crippen LogP contribution in [0.4, 0.5) is 0 Å². The van der Waals surface area contributed by atoms with Crippen LogP contribution in [0.1, 0.15) is 51.7 Å². The average Bonchev–Trinajstić information content (AvgIpc) is 3.19. The lowest BCUT2D eigenvalue weighted by atomic mass is 9.58. The molecule has 29 heavy (non-hydrogen) atoms. The summed E-state index contributed by atoms with van der Waals surface area (Å²) in [6.45, 7) is 7.06. The van der Waals surface area contributed by atoms with Gasteiger partial charge in [-0.05, 0) is 58.8 Å². The van der Waals surface area contributed by atoms with Crippen LogP contribution in [-0.4, -0.2) is 25.7 Å². The van der Waals surface area contributed by atoms with Crippen LogP contribution in [0.25, 0.3) is 10.8 Å². The summed E-state index contributed by atoms with van der Waals surface area (Å²) in [6, 6.07) is 12.9. The van der Waals surface area contributed by atoms with Crippen molar-refractivity contribution in [2.24, 2.45) is 22.7 Å². The molecule has 3 fully saturated rings. The molecule has 2 aliphatic carbocycles. The van der Waals surface area contributed by atoms with Crippen LogP contribution in [0.5, 0.6) is 5.75 Å². The fourth-order valence-electron chi connectivity index (χ4n) is 7.02.